The molecule has 2 rings (SSSR count). The van der Waals surface area contributed by atoms with E-state index >= 15 is 0 Å². The summed E-state index contributed by atoms with van der Waals surface area (Å²) >= 11 is 6.21. The number of nitrogens with one attached hydrogen (secondary N) is 1. The van der Waals surface area contributed by atoms with Crippen LogP contribution in [-0.4, -0.2) is 17.8 Å². The Hall–Kier alpha value is -0.240. The average molecular weight is 286 g/mol. The fourth-order valence-corrected chi connectivity index (χ4v) is 4.17. The van der Waals surface area contributed by atoms with E-state index in [1.54, 1.807) is 0 Å². The molecule has 0 bridgehead atoms. The molecule has 19 heavy (non-hydrogen) atoms. The van der Waals surface area contributed by atoms with E-state index < -0.39 is 0 Å². The van der Waals surface area contributed by atoms with Crippen molar-refractivity contribution in [1.82, 2.24) is 5.32 Å². The maximum absolute atomic E-state index is 12.4. The first-order valence-electron chi connectivity index (χ1n) is 7.91. The number of carbonyl (C=O) groups excluding carboxylic acids is 1. The lowest BCUT2D eigenvalue weighted by Crippen LogP contribution is -2.43. The van der Waals surface area contributed by atoms with Crippen molar-refractivity contribution in [3.8, 4) is 0 Å². The summed E-state index contributed by atoms with van der Waals surface area (Å²) < 4.78 is 0. The van der Waals surface area contributed by atoms with E-state index in [-0.39, 0.29) is 17.2 Å². The van der Waals surface area contributed by atoms with Crippen molar-refractivity contribution in [2.45, 2.75) is 70.6 Å². The Balaban J connectivity index is 1.80. The summed E-state index contributed by atoms with van der Waals surface area (Å²) in [7, 11) is 0. The lowest BCUT2D eigenvalue weighted by Gasteiger charge is -2.38. The molecular weight excluding hydrogens is 258 g/mol. The maximum atomic E-state index is 12.4. The summed E-state index contributed by atoms with van der Waals surface area (Å²) in [5.74, 6) is 1.07. The number of halogens is 1. The zero-order chi connectivity index (χ0) is 13.9. The Morgan fingerprint density at radius 1 is 1.21 bits per heavy atom. The van der Waals surface area contributed by atoms with Crippen LogP contribution in [0.25, 0.3) is 0 Å². The van der Waals surface area contributed by atoms with Gasteiger partial charge in [-0.25, -0.2) is 0 Å². The highest BCUT2D eigenvalue weighted by Gasteiger charge is 2.37. The number of hydrogen-bond donors (Lipinski definition) is 1. The van der Waals surface area contributed by atoms with Gasteiger partial charge in [-0.1, -0.05) is 33.1 Å². The molecule has 0 aromatic carbocycles. The van der Waals surface area contributed by atoms with E-state index in [0.29, 0.717) is 11.3 Å². The third-order valence-corrected chi connectivity index (χ3v) is 5.50. The van der Waals surface area contributed by atoms with Crippen LogP contribution >= 0.6 is 11.6 Å². The Kier molecular flexibility index (Phi) is 5.16. The number of rotatable bonds is 3. The van der Waals surface area contributed by atoms with Gasteiger partial charge >= 0.3 is 0 Å². The molecule has 0 aliphatic heterocycles. The topological polar surface area (TPSA) is 29.1 Å². The fourth-order valence-electron chi connectivity index (χ4n) is 3.76. The SMILES string of the molecule is CC1(C)CCCCC1C(=O)NCC1CCCC(Cl)C1. The van der Waals surface area contributed by atoms with Crippen molar-refractivity contribution < 1.29 is 4.79 Å². The van der Waals surface area contributed by atoms with Gasteiger partial charge in [0.1, 0.15) is 0 Å². The second-order valence-electron chi connectivity index (χ2n) is 7.16. The van der Waals surface area contributed by atoms with Crippen molar-refractivity contribution in [1.29, 1.82) is 0 Å². The molecule has 3 heteroatoms. The van der Waals surface area contributed by atoms with Gasteiger partial charge in [0, 0.05) is 17.8 Å². The zero-order valence-corrected chi connectivity index (χ0v) is 13.1. The minimum absolute atomic E-state index is 0.171. The predicted molar refractivity (Wildman–Crippen MR) is 80.3 cm³/mol. The summed E-state index contributed by atoms with van der Waals surface area (Å²) in [5, 5.41) is 3.52. The smallest absolute Gasteiger partial charge is 0.223 e. The molecule has 1 amide bonds. The van der Waals surface area contributed by atoms with Gasteiger partial charge in [0.25, 0.3) is 0 Å². The van der Waals surface area contributed by atoms with E-state index in [4.69, 9.17) is 11.6 Å². The van der Waals surface area contributed by atoms with Crippen LogP contribution < -0.4 is 5.32 Å². The molecule has 0 radical (unpaired) electrons. The minimum Gasteiger partial charge on any atom is -0.356 e. The lowest BCUT2D eigenvalue weighted by molar-refractivity contribution is -0.130. The molecule has 0 aromatic rings. The highest BCUT2D eigenvalue weighted by Crippen LogP contribution is 2.40. The Morgan fingerprint density at radius 3 is 2.68 bits per heavy atom. The highest BCUT2D eigenvalue weighted by atomic mass is 35.5. The van der Waals surface area contributed by atoms with Gasteiger partial charge in [0.15, 0.2) is 0 Å². The normalized spacial score (nSPS) is 34.8. The van der Waals surface area contributed by atoms with Gasteiger partial charge < -0.3 is 5.32 Å². The largest absolute Gasteiger partial charge is 0.356 e. The summed E-state index contributed by atoms with van der Waals surface area (Å²) in [6.45, 7) is 5.31. The van der Waals surface area contributed by atoms with Gasteiger partial charge in [0.05, 0.1) is 0 Å². The number of alkyl halides is 1. The van der Waals surface area contributed by atoms with E-state index in [1.807, 2.05) is 0 Å². The third-order valence-electron chi connectivity index (χ3n) is 5.11. The van der Waals surface area contributed by atoms with Crippen LogP contribution in [0.2, 0.25) is 0 Å². The Bertz CT molecular complexity index is 316. The second-order valence-corrected chi connectivity index (χ2v) is 7.78. The van der Waals surface area contributed by atoms with Crippen LogP contribution in [-0.2, 0) is 4.79 Å². The molecule has 1 N–H and O–H groups in total. The van der Waals surface area contributed by atoms with Gasteiger partial charge in [-0.15, -0.1) is 11.6 Å². The summed E-state index contributed by atoms with van der Waals surface area (Å²) in [4.78, 5) is 12.4. The van der Waals surface area contributed by atoms with E-state index in [2.05, 4.69) is 19.2 Å². The van der Waals surface area contributed by atoms with Gasteiger partial charge in [-0.3, -0.25) is 4.79 Å². The second kappa shape index (κ2) is 6.47. The summed E-state index contributed by atoms with van der Waals surface area (Å²) in [6, 6.07) is 0. The molecule has 3 atom stereocenters. The molecule has 2 nitrogen and oxygen atoms in total. The standard InChI is InChI=1S/C16H28ClNO/c1-16(2)9-4-3-8-14(16)15(19)18-11-12-6-5-7-13(17)10-12/h12-14H,3-11H2,1-2H3,(H,18,19). The Morgan fingerprint density at radius 2 is 2.00 bits per heavy atom. The van der Waals surface area contributed by atoms with Crippen molar-refractivity contribution >= 4 is 17.5 Å². The number of carbonyl (C=O) groups is 1. The monoisotopic (exact) mass is 285 g/mol. The first kappa shape index (κ1) is 15.2. The quantitative estimate of drug-likeness (QED) is 0.777. The molecule has 0 saturated heterocycles. The zero-order valence-electron chi connectivity index (χ0n) is 12.4. The fraction of sp³-hybridized carbons (Fsp3) is 0.938. The molecule has 2 saturated carbocycles. The summed E-state index contributed by atoms with van der Waals surface area (Å²) in [6.07, 6.45) is 9.35. The van der Waals surface area contributed by atoms with Crippen molar-refractivity contribution in [2.24, 2.45) is 17.3 Å². The van der Waals surface area contributed by atoms with Gasteiger partial charge in [0.2, 0.25) is 5.91 Å². The molecule has 110 valence electrons. The average Bonchev–Trinajstić information content (AvgIpc) is 2.35. The summed E-state index contributed by atoms with van der Waals surface area (Å²) in [5.41, 5.74) is 0.171. The predicted octanol–water partition coefficient (Wildman–Crippen LogP) is 4.12. The minimum atomic E-state index is 0.171. The number of amides is 1. The highest BCUT2D eigenvalue weighted by molar-refractivity contribution is 6.20. The first-order chi connectivity index (χ1) is 8.99. The van der Waals surface area contributed by atoms with E-state index in [9.17, 15) is 4.79 Å². The van der Waals surface area contributed by atoms with E-state index in [1.165, 1.54) is 32.1 Å². The number of hydrogen-bond acceptors (Lipinski definition) is 1. The van der Waals surface area contributed by atoms with Crippen LogP contribution in [0.5, 0.6) is 0 Å². The van der Waals surface area contributed by atoms with Crippen LogP contribution in [0.1, 0.15) is 65.2 Å². The van der Waals surface area contributed by atoms with Crippen molar-refractivity contribution in [3.05, 3.63) is 0 Å². The molecular formula is C16H28ClNO. The van der Waals surface area contributed by atoms with Crippen molar-refractivity contribution in [3.63, 3.8) is 0 Å². The van der Waals surface area contributed by atoms with Crippen molar-refractivity contribution in [2.75, 3.05) is 6.54 Å². The van der Waals surface area contributed by atoms with Crippen LogP contribution in [0.3, 0.4) is 0 Å². The van der Waals surface area contributed by atoms with Crippen LogP contribution in [0, 0.1) is 17.3 Å². The molecule has 2 fully saturated rings. The molecule has 2 aliphatic rings. The lowest BCUT2D eigenvalue weighted by atomic mass is 9.68. The van der Waals surface area contributed by atoms with E-state index in [0.717, 1.165) is 25.8 Å². The van der Waals surface area contributed by atoms with Gasteiger partial charge in [-0.05, 0) is 43.4 Å². The van der Waals surface area contributed by atoms with Crippen LogP contribution in [0.15, 0.2) is 0 Å². The first-order valence-corrected chi connectivity index (χ1v) is 8.34. The van der Waals surface area contributed by atoms with Gasteiger partial charge in [-0.2, -0.15) is 0 Å². The molecule has 0 heterocycles. The molecule has 0 spiro atoms. The molecule has 2 aliphatic carbocycles. The maximum Gasteiger partial charge on any atom is 0.223 e. The van der Waals surface area contributed by atoms with Crippen LogP contribution in [0.4, 0.5) is 0 Å². The molecule has 0 aromatic heterocycles. The third kappa shape index (κ3) is 4.11. The molecule has 3 unspecified atom stereocenters. The Labute approximate surface area is 122 Å².